The Morgan fingerprint density at radius 2 is 1.76 bits per heavy atom. The van der Waals surface area contributed by atoms with Crippen molar-refractivity contribution in [3.05, 3.63) is 28.2 Å². The van der Waals surface area contributed by atoms with Crippen LogP contribution in [0.4, 0.5) is 14.5 Å². The summed E-state index contributed by atoms with van der Waals surface area (Å²) >= 11 is 2.90. The molecule has 1 aromatic rings. The number of benzene rings is 1. The molecule has 1 aliphatic rings. The highest BCUT2D eigenvalue weighted by molar-refractivity contribution is 9.10. The maximum atomic E-state index is 13.4. The molecule has 2 N–H and O–H groups in total. The lowest BCUT2D eigenvalue weighted by Crippen LogP contribution is -2.32. The largest absolute Gasteiger partial charge is 0.299 e. The monoisotopic (exact) mass is 326 g/mol. The Morgan fingerprint density at radius 1 is 1.24 bits per heavy atom. The molecule has 4 nitrogen and oxygen atoms in total. The molecule has 0 unspecified atom stereocenters. The topological polar surface area (TPSA) is 58.2 Å². The van der Waals surface area contributed by atoms with Crippen LogP contribution in [0.1, 0.15) is 12.8 Å². The summed E-state index contributed by atoms with van der Waals surface area (Å²) in [5.74, 6) is -1.95. The summed E-state index contributed by atoms with van der Waals surface area (Å²) in [6, 6.07) is 1.84. The summed E-state index contributed by atoms with van der Waals surface area (Å²) < 4.78 is 54.0. The van der Waals surface area contributed by atoms with Crippen LogP contribution in [0.3, 0.4) is 0 Å². The highest BCUT2D eigenvalue weighted by Gasteiger charge is 2.28. The Balaban J connectivity index is 2.23. The van der Waals surface area contributed by atoms with Crippen LogP contribution in [0.25, 0.3) is 0 Å². The van der Waals surface area contributed by atoms with Gasteiger partial charge in [-0.05, 0) is 25.0 Å². The van der Waals surface area contributed by atoms with Gasteiger partial charge in [0.1, 0.15) is 5.69 Å². The fourth-order valence-corrected chi connectivity index (χ4v) is 2.82. The van der Waals surface area contributed by atoms with Gasteiger partial charge in [0.05, 0.1) is 0 Å². The maximum Gasteiger partial charge on any atom is 0.299 e. The molecule has 0 bridgehead atoms. The molecule has 1 aliphatic carbocycles. The first-order valence-corrected chi connectivity index (χ1v) is 7.09. The number of nitrogens with one attached hydrogen (secondary N) is 2. The van der Waals surface area contributed by atoms with E-state index >= 15 is 0 Å². The zero-order chi connectivity index (χ0) is 12.6. The van der Waals surface area contributed by atoms with Crippen LogP contribution in [0.5, 0.6) is 0 Å². The van der Waals surface area contributed by atoms with Gasteiger partial charge in [0.25, 0.3) is 10.2 Å². The molecule has 1 saturated carbocycles. The number of hydrogen-bond donors (Lipinski definition) is 2. The molecule has 8 heteroatoms. The second kappa shape index (κ2) is 4.51. The highest BCUT2D eigenvalue weighted by atomic mass is 79.9. The summed E-state index contributed by atoms with van der Waals surface area (Å²) in [5, 5.41) is 0. The lowest BCUT2D eigenvalue weighted by molar-refractivity contribution is 0.575. The van der Waals surface area contributed by atoms with Gasteiger partial charge in [0.15, 0.2) is 11.6 Å². The minimum atomic E-state index is -3.92. The van der Waals surface area contributed by atoms with Gasteiger partial charge in [-0.25, -0.2) is 8.78 Å². The summed E-state index contributed by atoms with van der Waals surface area (Å²) in [5.41, 5.74) is -0.679. The summed E-state index contributed by atoms with van der Waals surface area (Å²) in [4.78, 5) is 0. The van der Waals surface area contributed by atoms with Crippen molar-refractivity contribution in [1.29, 1.82) is 0 Å². The third-order valence-electron chi connectivity index (χ3n) is 2.14. The first-order valence-electron chi connectivity index (χ1n) is 4.82. The van der Waals surface area contributed by atoms with Gasteiger partial charge in [0, 0.05) is 10.5 Å². The summed E-state index contributed by atoms with van der Waals surface area (Å²) in [7, 11) is -3.92. The van der Waals surface area contributed by atoms with Crippen molar-refractivity contribution in [1.82, 2.24) is 4.72 Å². The Labute approximate surface area is 106 Å². The number of hydrogen-bond acceptors (Lipinski definition) is 2. The Kier molecular flexibility index (Phi) is 3.37. The van der Waals surface area contributed by atoms with E-state index in [1.807, 2.05) is 4.72 Å². The van der Waals surface area contributed by atoms with Gasteiger partial charge in [0.2, 0.25) is 0 Å². The average molecular weight is 327 g/mol. The predicted molar refractivity (Wildman–Crippen MR) is 62.8 cm³/mol. The number of halogens is 3. The van der Waals surface area contributed by atoms with E-state index in [-0.39, 0.29) is 10.5 Å². The zero-order valence-corrected chi connectivity index (χ0v) is 10.9. The number of anilines is 1. The third kappa shape index (κ3) is 3.36. The van der Waals surface area contributed by atoms with Crippen molar-refractivity contribution in [2.45, 2.75) is 18.9 Å². The molecule has 1 aromatic carbocycles. The molecule has 0 amide bonds. The van der Waals surface area contributed by atoms with Crippen LogP contribution >= 0.6 is 15.9 Å². The van der Waals surface area contributed by atoms with Crippen LogP contribution in [0, 0.1) is 11.6 Å². The van der Waals surface area contributed by atoms with Crippen LogP contribution in [-0.4, -0.2) is 14.5 Å². The molecular formula is C9H9BrF2N2O2S. The zero-order valence-electron chi connectivity index (χ0n) is 8.50. The molecule has 0 saturated heterocycles. The van der Waals surface area contributed by atoms with Gasteiger partial charge < -0.3 is 0 Å². The van der Waals surface area contributed by atoms with Gasteiger partial charge >= 0.3 is 0 Å². The third-order valence-corrected chi connectivity index (χ3v) is 3.72. The van der Waals surface area contributed by atoms with E-state index in [1.165, 1.54) is 0 Å². The first kappa shape index (κ1) is 12.7. The smallest absolute Gasteiger partial charge is 0.265 e. The normalized spacial score (nSPS) is 15.9. The van der Waals surface area contributed by atoms with Crippen molar-refractivity contribution < 1.29 is 17.2 Å². The van der Waals surface area contributed by atoms with E-state index in [0.29, 0.717) is 0 Å². The molecule has 2 rings (SSSR count). The van der Waals surface area contributed by atoms with Crippen LogP contribution in [-0.2, 0) is 10.2 Å². The molecule has 0 spiro atoms. The van der Waals surface area contributed by atoms with Crippen LogP contribution < -0.4 is 9.44 Å². The van der Waals surface area contributed by atoms with Crippen molar-refractivity contribution in [3.63, 3.8) is 0 Å². The molecule has 0 aromatic heterocycles. The van der Waals surface area contributed by atoms with Gasteiger partial charge in [-0.1, -0.05) is 15.9 Å². The fourth-order valence-electron chi connectivity index (χ4n) is 1.22. The second-order valence-electron chi connectivity index (χ2n) is 3.74. The highest BCUT2D eigenvalue weighted by Crippen LogP contribution is 2.25. The standard InChI is InChI=1S/C9H9BrF2N2O2S/c10-5-3-7(11)9(8(12)4-5)14-17(15,16)13-6-1-2-6/h3-4,6,13-14H,1-2H2. The quantitative estimate of drug-likeness (QED) is 0.890. The van der Waals surface area contributed by atoms with Gasteiger partial charge in [-0.3, -0.25) is 4.72 Å². The molecule has 0 aliphatic heterocycles. The molecule has 94 valence electrons. The van der Waals surface area contributed by atoms with E-state index in [2.05, 4.69) is 20.7 Å². The summed E-state index contributed by atoms with van der Waals surface area (Å²) in [6.45, 7) is 0. The fraction of sp³-hybridized carbons (Fsp3) is 0.333. The Bertz CT molecular complexity index is 523. The van der Waals surface area contributed by atoms with E-state index in [1.54, 1.807) is 0 Å². The molecular weight excluding hydrogens is 318 g/mol. The molecule has 0 radical (unpaired) electrons. The second-order valence-corrected chi connectivity index (χ2v) is 6.10. The number of rotatable bonds is 4. The van der Waals surface area contributed by atoms with E-state index < -0.39 is 27.5 Å². The molecule has 0 heterocycles. The molecule has 17 heavy (non-hydrogen) atoms. The van der Waals surface area contributed by atoms with Gasteiger partial charge in [-0.15, -0.1) is 0 Å². The van der Waals surface area contributed by atoms with Crippen molar-refractivity contribution in [3.8, 4) is 0 Å². The van der Waals surface area contributed by atoms with E-state index in [0.717, 1.165) is 25.0 Å². The van der Waals surface area contributed by atoms with Crippen molar-refractivity contribution in [2.75, 3.05) is 4.72 Å². The Morgan fingerprint density at radius 3 is 2.24 bits per heavy atom. The SMILES string of the molecule is O=S(=O)(Nc1c(F)cc(Br)cc1F)NC1CC1. The lowest BCUT2D eigenvalue weighted by atomic mass is 10.3. The van der Waals surface area contributed by atoms with E-state index in [4.69, 9.17) is 0 Å². The maximum absolute atomic E-state index is 13.4. The minimum absolute atomic E-state index is 0.130. The minimum Gasteiger partial charge on any atom is -0.265 e. The first-order chi connectivity index (χ1) is 7.87. The van der Waals surface area contributed by atoms with Gasteiger partial charge in [-0.2, -0.15) is 13.1 Å². The average Bonchev–Trinajstić information content (AvgIpc) is 2.94. The molecule has 1 fully saturated rings. The van der Waals surface area contributed by atoms with Crippen LogP contribution in [0.15, 0.2) is 16.6 Å². The Hall–Kier alpha value is -0.730. The van der Waals surface area contributed by atoms with Crippen LogP contribution in [0.2, 0.25) is 0 Å². The molecule has 0 atom stereocenters. The summed E-state index contributed by atoms with van der Waals surface area (Å²) in [6.07, 6.45) is 1.48. The van der Waals surface area contributed by atoms with Crippen molar-refractivity contribution in [2.24, 2.45) is 0 Å². The van der Waals surface area contributed by atoms with Crippen molar-refractivity contribution >= 4 is 31.8 Å². The predicted octanol–water partition coefficient (Wildman–Crippen LogP) is 2.14. The van der Waals surface area contributed by atoms with E-state index in [9.17, 15) is 17.2 Å². The lowest BCUT2D eigenvalue weighted by Gasteiger charge is -2.10.